The lowest BCUT2D eigenvalue weighted by atomic mass is 10.1. The number of hydrogen-bond acceptors (Lipinski definition) is 4. The summed E-state index contributed by atoms with van der Waals surface area (Å²) in [6, 6.07) is 11.4. The van der Waals surface area contributed by atoms with Crippen molar-refractivity contribution in [1.82, 2.24) is 20.1 Å². The van der Waals surface area contributed by atoms with Crippen molar-refractivity contribution in [2.24, 2.45) is 0 Å². The van der Waals surface area contributed by atoms with Gasteiger partial charge in [-0.15, -0.1) is 5.10 Å². The van der Waals surface area contributed by atoms with Crippen LogP contribution in [0.25, 0.3) is 10.9 Å². The van der Waals surface area contributed by atoms with E-state index in [1.165, 1.54) is 0 Å². The van der Waals surface area contributed by atoms with Crippen LogP contribution in [0.5, 0.6) is 5.88 Å². The second-order valence-corrected chi connectivity index (χ2v) is 6.43. The van der Waals surface area contributed by atoms with Crippen LogP contribution in [0.2, 0.25) is 0 Å². The van der Waals surface area contributed by atoms with Gasteiger partial charge in [-0.3, -0.25) is 4.79 Å². The molecular weight excluding hydrogens is 316 g/mol. The monoisotopic (exact) mass is 336 g/mol. The first-order valence-corrected chi connectivity index (χ1v) is 8.52. The summed E-state index contributed by atoms with van der Waals surface area (Å²) in [6.07, 6.45) is 3.66. The molecule has 1 amide bonds. The number of piperidine rings is 1. The van der Waals surface area contributed by atoms with Gasteiger partial charge < -0.3 is 14.6 Å². The van der Waals surface area contributed by atoms with Gasteiger partial charge in [-0.2, -0.15) is 5.10 Å². The number of amides is 1. The number of fused-ring (bicyclic) bond motifs is 1. The second kappa shape index (κ2) is 6.55. The molecule has 1 atom stereocenters. The van der Waals surface area contributed by atoms with Gasteiger partial charge in [0.25, 0.3) is 5.91 Å². The maximum absolute atomic E-state index is 12.8. The van der Waals surface area contributed by atoms with Crippen LogP contribution >= 0.6 is 0 Å². The molecule has 0 spiro atoms. The van der Waals surface area contributed by atoms with E-state index in [2.05, 4.69) is 15.2 Å². The van der Waals surface area contributed by atoms with Gasteiger partial charge in [0.1, 0.15) is 6.10 Å². The van der Waals surface area contributed by atoms with Crippen LogP contribution in [0.3, 0.4) is 0 Å². The van der Waals surface area contributed by atoms with E-state index in [4.69, 9.17) is 4.74 Å². The standard InChI is InChI=1S/C19H20N4O2/c1-13-4-7-18(22-21-13)25-16-3-2-10-23(12-16)19(24)15-5-6-17-14(11-15)8-9-20-17/h4-9,11,16,20H,2-3,10,12H2,1H3. The molecule has 1 aromatic carbocycles. The Hall–Kier alpha value is -2.89. The van der Waals surface area contributed by atoms with E-state index in [1.54, 1.807) is 0 Å². The molecule has 4 rings (SSSR count). The second-order valence-electron chi connectivity index (χ2n) is 6.43. The van der Waals surface area contributed by atoms with E-state index in [0.717, 1.165) is 36.0 Å². The zero-order valence-electron chi connectivity index (χ0n) is 14.1. The summed E-state index contributed by atoms with van der Waals surface area (Å²) in [6.45, 7) is 3.21. The van der Waals surface area contributed by atoms with Gasteiger partial charge in [0, 0.05) is 35.3 Å². The normalized spacial score (nSPS) is 17.6. The first kappa shape index (κ1) is 15.6. The molecule has 0 radical (unpaired) electrons. The van der Waals surface area contributed by atoms with Crippen molar-refractivity contribution in [3.05, 3.63) is 53.9 Å². The first-order chi connectivity index (χ1) is 12.2. The Balaban J connectivity index is 1.46. The van der Waals surface area contributed by atoms with E-state index in [1.807, 2.05) is 54.4 Å². The minimum Gasteiger partial charge on any atom is -0.471 e. The fourth-order valence-corrected chi connectivity index (χ4v) is 3.21. The van der Waals surface area contributed by atoms with Gasteiger partial charge in [-0.1, -0.05) is 0 Å². The van der Waals surface area contributed by atoms with Crippen LogP contribution in [-0.2, 0) is 0 Å². The zero-order valence-corrected chi connectivity index (χ0v) is 14.1. The summed E-state index contributed by atoms with van der Waals surface area (Å²) < 4.78 is 5.91. The highest BCUT2D eigenvalue weighted by atomic mass is 16.5. The molecule has 3 heterocycles. The molecule has 2 aromatic heterocycles. The molecule has 1 aliphatic rings. The van der Waals surface area contributed by atoms with Crippen molar-refractivity contribution in [2.75, 3.05) is 13.1 Å². The number of ether oxygens (including phenoxy) is 1. The molecule has 6 nitrogen and oxygen atoms in total. The third-order valence-electron chi connectivity index (χ3n) is 4.53. The van der Waals surface area contributed by atoms with E-state index in [0.29, 0.717) is 18.0 Å². The summed E-state index contributed by atoms with van der Waals surface area (Å²) in [4.78, 5) is 17.9. The number of aromatic nitrogens is 3. The Morgan fingerprint density at radius 3 is 3.00 bits per heavy atom. The van der Waals surface area contributed by atoms with Gasteiger partial charge in [0.2, 0.25) is 5.88 Å². The number of carbonyl (C=O) groups excluding carboxylic acids is 1. The highest BCUT2D eigenvalue weighted by Gasteiger charge is 2.26. The maximum atomic E-state index is 12.8. The van der Waals surface area contributed by atoms with E-state index in [-0.39, 0.29) is 12.0 Å². The fraction of sp³-hybridized carbons (Fsp3) is 0.316. The molecule has 25 heavy (non-hydrogen) atoms. The molecule has 1 saturated heterocycles. The number of benzene rings is 1. The summed E-state index contributed by atoms with van der Waals surface area (Å²) in [5.41, 5.74) is 2.60. The molecule has 6 heteroatoms. The van der Waals surface area contributed by atoms with Gasteiger partial charge in [0.05, 0.1) is 12.2 Å². The lowest BCUT2D eigenvalue weighted by molar-refractivity contribution is 0.0525. The lowest BCUT2D eigenvalue weighted by Crippen LogP contribution is -2.44. The largest absolute Gasteiger partial charge is 0.471 e. The molecule has 1 fully saturated rings. The van der Waals surface area contributed by atoms with E-state index in [9.17, 15) is 4.79 Å². The van der Waals surface area contributed by atoms with Crippen LogP contribution in [0.1, 0.15) is 28.9 Å². The number of likely N-dealkylation sites (tertiary alicyclic amines) is 1. The van der Waals surface area contributed by atoms with Crippen molar-refractivity contribution >= 4 is 16.8 Å². The summed E-state index contributed by atoms with van der Waals surface area (Å²) in [5.74, 6) is 0.560. The third-order valence-corrected chi connectivity index (χ3v) is 4.53. The van der Waals surface area contributed by atoms with Crippen LogP contribution < -0.4 is 4.74 Å². The number of aromatic amines is 1. The van der Waals surface area contributed by atoms with Gasteiger partial charge in [-0.05, 0) is 50.1 Å². The average Bonchev–Trinajstić information content (AvgIpc) is 3.11. The van der Waals surface area contributed by atoms with Crippen LogP contribution in [0.15, 0.2) is 42.6 Å². The SMILES string of the molecule is Cc1ccc(OC2CCCN(C(=O)c3ccc4[nH]ccc4c3)C2)nn1. The van der Waals surface area contributed by atoms with Crippen LogP contribution in [0.4, 0.5) is 0 Å². The average molecular weight is 336 g/mol. The Morgan fingerprint density at radius 1 is 1.24 bits per heavy atom. The Kier molecular flexibility index (Phi) is 4.09. The Bertz CT molecular complexity index is 888. The number of H-pyrrole nitrogens is 1. The quantitative estimate of drug-likeness (QED) is 0.798. The summed E-state index contributed by atoms with van der Waals surface area (Å²) in [5, 5.41) is 9.11. The molecule has 3 aromatic rings. The molecule has 0 saturated carbocycles. The molecular formula is C19H20N4O2. The van der Waals surface area contributed by atoms with E-state index >= 15 is 0 Å². The molecule has 128 valence electrons. The molecule has 1 unspecified atom stereocenters. The Labute approximate surface area is 145 Å². The minimum atomic E-state index is -0.0503. The van der Waals surface area contributed by atoms with Crippen molar-refractivity contribution in [3.63, 3.8) is 0 Å². The molecule has 0 bridgehead atoms. The van der Waals surface area contributed by atoms with Crippen molar-refractivity contribution in [2.45, 2.75) is 25.9 Å². The zero-order chi connectivity index (χ0) is 17.2. The number of nitrogens with zero attached hydrogens (tertiary/aromatic N) is 3. The Morgan fingerprint density at radius 2 is 2.16 bits per heavy atom. The number of nitrogens with one attached hydrogen (secondary N) is 1. The topological polar surface area (TPSA) is 71.1 Å². The highest BCUT2D eigenvalue weighted by molar-refractivity contribution is 5.98. The number of rotatable bonds is 3. The molecule has 0 aliphatic carbocycles. The number of hydrogen-bond donors (Lipinski definition) is 1. The van der Waals surface area contributed by atoms with Gasteiger partial charge >= 0.3 is 0 Å². The van der Waals surface area contributed by atoms with Crippen LogP contribution in [-0.4, -0.2) is 45.2 Å². The van der Waals surface area contributed by atoms with E-state index < -0.39 is 0 Å². The smallest absolute Gasteiger partial charge is 0.254 e. The van der Waals surface area contributed by atoms with Crippen molar-refractivity contribution < 1.29 is 9.53 Å². The predicted octanol–water partition coefficient (Wildman–Crippen LogP) is 2.95. The van der Waals surface area contributed by atoms with Crippen molar-refractivity contribution in [3.8, 4) is 5.88 Å². The summed E-state index contributed by atoms with van der Waals surface area (Å²) in [7, 11) is 0. The molecule has 1 N–H and O–H groups in total. The molecule has 1 aliphatic heterocycles. The van der Waals surface area contributed by atoms with Gasteiger partial charge in [0.15, 0.2) is 0 Å². The first-order valence-electron chi connectivity index (χ1n) is 8.52. The maximum Gasteiger partial charge on any atom is 0.254 e. The third kappa shape index (κ3) is 3.33. The minimum absolute atomic E-state index is 0.0476. The number of carbonyl (C=O) groups is 1. The van der Waals surface area contributed by atoms with Crippen molar-refractivity contribution in [1.29, 1.82) is 0 Å². The predicted molar refractivity (Wildman–Crippen MR) is 94.6 cm³/mol. The fourth-order valence-electron chi connectivity index (χ4n) is 3.21. The van der Waals surface area contributed by atoms with Crippen LogP contribution in [0, 0.1) is 6.92 Å². The highest BCUT2D eigenvalue weighted by Crippen LogP contribution is 2.20. The number of aryl methyl sites for hydroxylation is 1. The lowest BCUT2D eigenvalue weighted by Gasteiger charge is -2.32. The van der Waals surface area contributed by atoms with Gasteiger partial charge in [-0.25, -0.2) is 0 Å². The summed E-state index contributed by atoms with van der Waals surface area (Å²) >= 11 is 0.